The van der Waals surface area contributed by atoms with Gasteiger partial charge < -0.3 is 5.11 Å². The zero-order valence-electron chi connectivity index (χ0n) is 21.6. The standard InChI is InChI=1S/C29H45N3O/c1-19(2)29(33)13-12-27(4)22(14-29)6-7-23-25-9-8-24(28(25,5)11-10-26(23)27)20(3)17-32-18-21(15-30)16-31-32/h16,18-20,22-26,33H,6-14,17H2,1-5H3/t20-,22-,23+,24-,25+,26+,27+,28-,29-/m1/s1. The minimum atomic E-state index is -0.438. The lowest BCUT2D eigenvalue weighted by Gasteiger charge is -2.62. The average molecular weight is 452 g/mol. The Labute approximate surface area is 201 Å². The molecule has 0 saturated heterocycles. The van der Waals surface area contributed by atoms with Crippen molar-refractivity contribution in [2.45, 2.75) is 105 Å². The van der Waals surface area contributed by atoms with Crippen LogP contribution in [-0.2, 0) is 6.54 Å². The van der Waals surface area contributed by atoms with Crippen molar-refractivity contribution < 1.29 is 5.11 Å². The van der Waals surface area contributed by atoms with Crippen LogP contribution in [0.1, 0.15) is 98.0 Å². The zero-order chi connectivity index (χ0) is 23.6. The molecule has 4 aliphatic carbocycles. The van der Waals surface area contributed by atoms with E-state index in [9.17, 15) is 5.11 Å². The number of aromatic nitrogens is 2. The van der Waals surface area contributed by atoms with Gasteiger partial charge in [-0.05, 0) is 110 Å². The summed E-state index contributed by atoms with van der Waals surface area (Å²) in [5.74, 6) is 5.00. The zero-order valence-corrected chi connectivity index (χ0v) is 21.6. The van der Waals surface area contributed by atoms with Crippen molar-refractivity contribution in [2.75, 3.05) is 0 Å². The van der Waals surface area contributed by atoms with Crippen LogP contribution < -0.4 is 0 Å². The Morgan fingerprint density at radius 2 is 1.82 bits per heavy atom. The Hall–Kier alpha value is -1.34. The minimum Gasteiger partial charge on any atom is -0.390 e. The van der Waals surface area contributed by atoms with Crippen LogP contribution in [0.5, 0.6) is 0 Å². The number of fused-ring (bicyclic) bond motifs is 5. The van der Waals surface area contributed by atoms with Gasteiger partial charge in [-0.25, -0.2) is 0 Å². The van der Waals surface area contributed by atoms with Crippen molar-refractivity contribution >= 4 is 0 Å². The van der Waals surface area contributed by atoms with E-state index in [0.717, 1.165) is 43.1 Å². The van der Waals surface area contributed by atoms with Gasteiger partial charge in [0, 0.05) is 12.7 Å². The average Bonchev–Trinajstić information content (AvgIpc) is 3.37. The van der Waals surface area contributed by atoms with Gasteiger partial charge in [0.25, 0.3) is 0 Å². The number of nitriles is 1. The maximum absolute atomic E-state index is 11.3. The van der Waals surface area contributed by atoms with Gasteiger partial charge in [0.2, 0.25) is 0 Å². The molecule has 0 radical (unpaired) electrons. The molecule has 0 bridgehead atoms. The molecule has 1 aromatic rings. The lowest BCUT2D eigenvalue weighted by atomic mass is 9.43. The summed E-state index contributed by atoms with van der Waals surface area (Å²) in [6, 6.07) is 2.21. The molecule has 0 amide bonds. The number of hydrogen-bond donors (Lipinski definition) is 1. The second-order valence-corrected chi connectivity index (χ2v) is 13.4. The highest BCUT2D eigenvalue weighted by molar-refractivity contribution is 5.21. The van der Waals surface area contributed by atoms with Crippen LogP contribution in [0.15, 0.2) is 12.4 Å². The topological polar surface area (TPSA) is 61.8 Å². The van der Waals surface area contributed by atoms with E-state index < -0.39 is 5.60 Å². The second kappa shape index (κ2) is 8.11. The normalized spacial score (nSPS) is 45.7. The summed E-state index contributed by atoms with van der Waals surface area (Å²) < 4.78 is 2.00. The van der Waals surface area contributed by atoms with Crippen LogP contribution in [0, 0.1) is 63.6 Å². The molecular formula is C29H45N3O. The van der Waals surface area contributed by atoms with Crippen molar-refractivity contribution in [2.24, 2.45) is 52.3 Å². The van der Waals surface area contributed by atoms with Gasteiger partial charge in [-0.3, -0.25) is 4.68 Å². The largest absolute Gasteiger partial charge is 0.390 e. The Bertz CT molecular complexity index is 916. The van der Waals surface area contributed by atoms with Crippen LogP contribution in [0.25, 0.3) is 0 Å². The second-order valence-electron chi connectivity index (χ2n) is 13.4. The van der Waals surface area contributed by atoms with E-state index in [0.29, 0.717) is 34.1 Å². The molecule has 4 aliphatic rings. The predicted molar refractivity (Wildman–Crippen MR) is 131 cm³/mol. The first-order valence-corrected chi connectivity index (χ1v) is 13.8. The summed E-state index contributed by atoms with van der Waals surface area (Å²) in [4.78, 5) is 0. The molecule has 0 aromatic carbocycles. The van der Waals surface area contributed by atoms with Gasteiger partial charge in [0.05, 0.1) is 17.4 Å². The Morgan fingerprint density at radius 1 is 1.06 bits per heavy atom. The molecule has 0 aliphatic heterocycles. The molecule has 5 rings (SSSR count). The Kier molecular flexibility index (Phi) is 5.75. The van der Waals surface area contributed by atoms with Crippen LogP contribution >= 0.6 is 0 Å². The molecule has 0 spiro atoms. The van der Waals surface area contributed by atoms with E-state index in [1.54, 1.807) is 6.20 Å². The Morgan fingerprint density at radius 3 is 2.52 bits per heavy atom. The maximum atomic E-state index is 11.3. The van der Waals surface area contributed by atoms with Gasteiger partial charge in [-0.1, -0.05) is 34.6 Å². The molecule has 1 heterocycles. The molecule has 182 valence electrons. The molecule has 4 fully saturated rings. The first-order valence-electron chi connectivity index (χ1n) is 13.8. The van der Waals surface area contributed by atoms with Gasteiger partial charge in [0.1, 0.15) is 6.07 Å². The lowest BCUT2D eigenvalue weighted by molar-refractivity contribution is -0.162. The first-order chi connectivity index (χ1) is 15.6. The highest BCUT2D eigenvalue weighted by Crippen LogP contribution is 2.69. The first kappa shape index (κ1) is 23.4. The third-order valence-electron chi connectivity index (χ3n) is 11.8. The molecule has 9 atom stereocenters. The maximum Gasteiger partial charge on any atom is 0.102 e. The van der Waals surface area contributed by atoms with E-state index >= 15 is 0 Å². The third-order valence-corrected chi connectivity index (χ3v) is 11.8. The van der Waals surface area contributed by atoms with Crippen molar-refractivity contribution in [3.8, 4) is 6.07 Å². The molecule has 0 unspecified atom stereocenters. The van der Waals surface area contributed by atoms with Gasteiger partial charge >= 0.3 is 0 Å². The molecular weight excluding hydrogens is 406 g/mol. The lowest BCUT2D eigenvalue weighted by Crippen LogP contribution is -2.57. The highest BCUT2D eigenvalue weighted by Gasteiger charge is 2.61. The fourth-order valence-electron chi connectivity index (χ4n) is 9.72. The van der Waals surface area contributed by atoms with Crippen LogP contribution in [0.2, 0.25) is 0 Å². The number of hydrogen-bond acceptors (Lipinski definition) is 3. The van der Waals surface area contributed by atoms with Gasteiger partial charge in [-0.15, -0.1) is 0 Å². The SMILES string of the molecule is CC(C)[C@@]1(O)CC[C@@]2(C)[C@H](CC[C@@H]3[C@@H]2CC[C@]2(C)[C@@H]([C@H](C)Cn4cc(C#N)cn4)CC[C@@H]32)C1. The Balaban J connectivity index is 1.32. The van der Waals surface area contributed by atoms with E-state index in [-0.39, 0.29) is 0 Å². The summed E-state index contributed by atoms with van der Waals surface area (Å²) in [5, 5.41) is 24.9. The summed E-state index contributed by atoms with van der Waals surface area (Å²) in [6.07, 6.45) is 15.1. The van der Waals surface area contributed by atoms with Crippen molar-refractivity contribution in [3.63, 3.8) is 0 Å². The molecule has 4 saturated carbocycles. The molecule has 1 aromatic heterocycles. The van der Waals surface area contributed by atoms with Crippen molar-refractivity contribution in [1.29, 1.82) is 5.26 Å². The molecule has 33 heavy (non-hydrogen) atoms. The summed E-state index contributed by atoms with van der Waals surface area (Å²) >= 11 is 0. The summed E-state index contributed by atoms with van der Waals surface area (Å²) in [6.45, 7) is 13.0. The number of nitrogens with zero attached hydrogens (tertiary/aromatic N) is 3. The third kappa shape index (κ3) is 3.60. The fourth-order valence-corrected chi connectivity index (χ4v) is 9.72. The number of rotatable bonds is 4. The molecule has 4 heteroatoms. The monoisotopic (exact) mass is 451 g/mol. The quantitative estimate of drug-likeness (QED) is 0.573. The molecule has 1 N–H and O–H groups in total. The summed E-state index contributed by atoms with van der Waals surface area (Å²) in [5.41, 5.74) is 1.10. The van der Waals surface area contributed by atoms with Crippen LogP contribution in [-0.4, -0.2) is 20.5 Å². The smallest absolute Gasteiger partial charge is 0.102 e. The highest BCUT2D eigenvalue weighted by atomic mass is 16.3. The fraction of sp³-hybridized carbons (Fsp3) is 0.862. The van der Waals surface area contributed by atoms with Crippen molar-refractivity contribution in [1.82, 2.24) is 9.78 Å². The minimum absolute atomic E-state index is 0.366. The van der Waals surface area contributed by atoms with Crippen molar-refractivity contribution in [3.05, 3.63) is 18.0 Å². The van der Waals surface area contributed by atoms with E-state index in [1.165, 1.54) is 44.9 Å². The van der Waals surface area contributed by atoms with Gasteiger partial charge in [0.15, 0.2) is 0 Å². The molecule has 4 nitrogen and oxygen atoms in total. The predicted octanol–water partition coefficient (Wildman–Crippen LogP) is 6.44. The van der Waals surface area contributed by atoms with E-state index in [1.807, 2.05) is 10.9 Å². The number of aliphatic hydroxyl groups is 1. The summed E-state index contributed by atoms with van der Waals surface area (Å²) in [7, 11) is 0. The van der Waals surface area contributed by atoms with Crippen LogP contribution in [0.3, 0.4) is 0 Å². The van der Waals surface area contributed by atoms with Gasteiger partial charge in [-0.2, -0.15) is 10.4 Å². The van der Waals surface area contributed by atoms with E-state index in [2.05, 4.69) is 45.8 Å². The van der Waals surface area contributed by atoms with E-state index in [4.69, 9.17) is 5.26 Å². The van der Waals surface area contributed by atoms with Crippen LogP contribution in [0.4, 0.5) is 0 Å².